The maximum Gasteiger partial charge on any atom is 0.160 e. The molecule has 7 atom stereocenters. The van der Waals surface area contributed by atoms with Crippen molar-refractivity contribution in [3.8, 4) is 23.8 Å². The Bertz CT molecular complexity index is 764. The van der Waals surface area contributed by atoms with Gasteiger partial charge in [-0.3, -0.25) is 0 Å². The van der Waals surface area contributed by atoms with Crippen molar-refractivity contribution in [3.05, 3.63) is 23.3 Å². The quantitative estimate of drug-likeness (QED) is 0.772. The van der Waals surface area contributed by atoms with Gasteiger partial charge in [0, 0.05) is 0 Å². The molecule has 2 saturated carbocycles. The van der Waals surface area contributed by atoms with Crippen molar-refractivity contribution in [2.24, 2.45) is 29.1 Å². The lowest BCUT2D eigenvalue weighted by molar-refractivity contribution is -0.00815. The molecule has 3 aliphatic rings. The average molecular weight is 369 g/mol. The van der Waals surface area contributed by atoms with Gasteiger partial charge in [-0.1, -0.05) is 19.8 Å². The molecule has 146 valence electrons. The van der Waals surface area contributed by atoms with Crippen molar-refractivity contribution < 1.29 is 14.9 Å². The average Bonchev–Trinajstić information content (AvgIpc) is 3.03. The molecule has 27 heavy (non-hydrogen) atoms. The van der Waals surface area contributed by atoms with Gasteiger partial charge in [0.2, 0.25) is 0 Å². The van der Waals surface area contributed by atoms with E-state index >= 15 is 0 Å². The molecule has 1 aromatic rings. The molecular formula is C24H32O3. The van der Waals surface area contributed by atoms with E-state index in [1.807, 2.05) is 6.07 Å². The lowest BCUT2D eigenvalue weighted by atomic mass is 9.53. The van der Waals surface area contributed by atoms with E-state index in [1.54, 1.807) is 7.11 Å². The largest absolute Gasteiger partial charge is 0.504 e. The van der Waals surface area contributed by atoms with E-state index in [0.717, 1.165) is 6.42 Å². The molecule has 0 aliphatic heterocycles. The molecular weight excluding hydrogens is 336 g/mol. The predicted molar refractivity (Wildman–Crippen MR) is 107 cm³/mol. The maximum atomic E-state index is 10.3. The predicted octanol–water partition coefficient (Wildman–Crippen LogP) is 4.50. The molecule has 0 heterocycles. The summed E-state index contributed by atoms with van der Waals surface area (Å²) in [6, 6.07) is 4.00. The zero-order valence-electron chi connectivity index (χ0n) is 16.7. The van der Waals surface area contributed by atoms with Crippen molar-refractivity contribution in [3.63, 3.8) is 0 Å². The Hall–Kier alpha value is -1.66. The van der Waals surface area contributed by atoms with Gasteiger partial charge in [0.05, 0.1) is 7.11 Å². The minimum absolute atomic E-state index is 0.162. The highest BCUT2D eigenvalue weighted by Crippen LogP contribution is 2.64. The maximum absolute atomic E-state index is 10.3. The Kier molecular flexibility index (Phi) is 4.67. The second-order valence-electron chi connectivity index (χ2n) is 9.34. The number of terminal acetylenes is 1. The minimum Gasteiger partial charge on any atom is -0.504 e. The van der Waals surface area contributed by atoms with Crippen LogP contribution in [0.1, 0.15) is 63.0 Å². The standard InChI is InChI=1S/C24H32O3/c1-5-21(25)14(2)19-8-9-20-17-7-6-15-12-22(26)23(27-4)13-18(15)16(17)10-11-24(19,20)3/h1,12-14,16-17,19-21,25-26H,6-11H2,2-4H3/t14-,16-,17+,19+,20-,21?,24+/m0/s1. The summed E-state index contributed by atoms with van der Waals surface area (Å²) < 4.78 is 5.39. The third kappa shape index (κ3) is 2.76. The normalized spacial score (nSPS) is 36.7. The molecule has 0 radical (unpaired) electrons. The summed E-state index contributed by atoms with van der Waals surface area (Å²) in [7, 11) is 1.62. The number of aromatic hydroxyl groups is 1. The SMILES string of the molecule is C#CC(O)[C@@H](C)[C@H]1CC[C@H]2[C@@H]3CCc4cc(O)c(OC)cc4[C@H]3CC[C@]12C. The molecule has 2 fully saturated rings. The molecule has 4 rings (SSSR count). The monoisotopic (exact) mass is 368 g/mol. The number of fused-ring (bicyclic) bond motifs is 5. The van der Waals surface area contributed by atoms with Crippen LogP contribution in [0, 0.1) is 41.4 Å². The summed E-state index contributed by atoms with van der Waals surface area (Å²) >= 11 is 0. The van der Waals surface area contributed by atoms with Gasteiger partial charge in [0.15, 0.2) is 11.5 Å². The van der Waals surface area contributed by atoms with Crippen LogP contribution < -0.4 is 4.74 Å². The Morgan fingerprint density at radius 3 is 2.74 bits per heavy atom. The van der Waals surface area contributed by atoms with Crippen LogP contribution in [0.3, 0.4) is 0 Å². The molecule has 0 aromatic heterocycles. The highest BCUT2D eigenvalue weighted by molar-refractivity contribution is 5.49. The highest BCUT2D eigenvalue weighted by Gasteiger charge is 2.56. The number of hydrogen-bond acceptors (Lipinski definition) is 3. The second-order valence-corrected chi connectivity index (χ2v) is 9.34. The smallest absolute Gasteiger partial charge is 0.160 e. The fourth-order valence-corrected chi connectivity index (χ4v) is 7.03. The van der Waals surface area contributed by atoms with E-state index < -0.39 is 6.10 Å². The van der Waals surface area contributed by atoms with Gasteiger partial charge >= 0.3 is 0 Å². The van der Waals surface area contributed by atoms with Crippen LogP contribution in [0.15, 0.2) is 12.1 Å². The third-order valence-electron chi connectivity index (χ3n) is 8.40. The molecule has 0 saturated heterocycles. The van der Waals surface area contributed by atoms with Crippen LogP contribution in [-0.2, 0) is 6.42 Å². The summed E-state index contributed by atoms with van der Waals surface area (Å²) in [5.74, 6) is 6.02. The van der Waals surface area contributed by atoms with Gasteiger partial charge in [-0.05, 0) is 96.8 Å². The van der Waals surface area contributed by atoms with Gasteiger partial charge in [-0.15, -0.1) is 6.42 Å². The fraction of sp³-hybridized carbons (Fsp3) is 0.667. The van der Waals surface area contributed by atoms with Crippen LogP contribution in [0.4, 0.5) is 0 Å². The number of aliphatic hydroxyl groups excluding tert-OH is 1. The molecule has 1 unspecified atom stereocenters. The van der Waals surface area contributed by atoms with Crippen LogP contribution in [0.5, 0.6) is 11.5 Å². The zero-order chi connectivity index (χ0) is 19.3. The van der Waals surface area contributed by atoms with E-state index in [0.29, 0.717) is 29.4 Å². The van der Waals surface area contributed by atoms with Gasteiger partial charge in [0.25, 0.3) is 0 Å². The van der Waals surface area contributed by atoms with E-state index in [9.17, 15) is 10.2 Å². The first-order valence-corrected chi connectivity index (χ1v) is 10.4. The number of ether oxygens (including phenoxy) is 1. The molecule has 0 amide bonds. The first-order valence-electron chi connectivity index (χ1n) is 10.4. The Morgan fingerprint density at radius 1 is 1.26 bits per heavy atom. The summed E-state index contributed by atoms with van der Waals surface area (Å²) in [6.07, 6.45) is 11.9. The molecule has 3 nitrogen and oxygen atoms in total. The number of phenols is 1. The number of aliphatic hydroxyl groups is 1. The minimum atomic E-state index is -0.636. The number of hydrogen-bond donors (Lipinski definition) is 2. The van der Waals surface area contributed by atoms with Crippen molar-refractivity contribution in [1.29, 1.82) is 0 Å². The Morgan fingerprint density at radius 2 is 2.04 bits per heavy atom. The number of methoxy groups -OCH3 is 1. The van der Waals surface area contributed by atoms with Gasteiger partial charge < -0.3 is 14.9 Å². The zero-order valence-corrected chi connectivity index (χ0v) is 16.7. The molecule has 3 aliphatic carbocycles. The third-order valence-corrected chi connectivity index (χ3v) is 8.40. The van der Waals surface area contributed by atoms with Crippen molar-refractivity contribution >= 4 is 0 Å². The fourth-order valence-electron chi connectivity index (χ4n) is 7.03. The number of benzene rings is 1. The summed E-state index contributed by atoms with van der Waals surface area (Å²) in [6.45, 7) is 4.59. The van der Waals surface area contributed by atoms with Crippen LogP contribution in [0.2, 0.25) is 0 Å². The molecule has 2 N–H and O–H groups in total. The molecule has 0 spiro atoms. The number of phenolic OH excluding ortho intramolecular Hbond substituents is 1. The van der Waals surface area contributed by atoms with E-state index in [1.165, 1.54) is 43.2 Å². The van der Waals surface area contributed by atoms with Crippen LogP contribution >= 0.6 is 0 Å². The lowest BCUT2D eigenvalue weighted by Gasteiger charge is -2.52. The van der Waals surface area contributed by atoms with Crippen LogP contribution in [-0.4, -0.2) is 23.4 Å². The number of rotatable bonds is 3. The van der Waals surface area contributed by atoms with Crippen molar-refractivity contribution in [2.75, 3.05) is 7.11 Å². The molecule has 3 heteroatoms. The first kappa shape index (κ1) is 18.7. The first-order chi connectivity index (χ1) is 12.9. The van der Waals surface area contributed by atoms with E-state index in [-0.39, 0.29) is 17.1 Å². The van der Waals surface area contributed by atoms with E-state index in [2.05, 4.69) is 25.8 Å². The molecule has 1 aromatic carbocycles. The van der Waals surface area contributed by atoms with Crippen LogP contribution in [0.25, 0.3) is 0 Å². The van der Waals surface area contributed by atoms with Crippen molar-refractivity contribution in [2.45, 2.75) is 64.4 Å². The Labute approximate surface area is 163 Å². The van der Waals surface area contributed by atoms with E-state index in [4.69, 9.17) is 11.2 Å². The summed E-state index contributed by atoms with van der Waals surface area (Å²) in [4.78, 5) is 0. The van der Waals surface area contributed by atoms with Crippen molar-refractivity contribution in [1.82, 2.24) is 0 Å². The summed E-state index contributed by atoms with van der Waals surface area (Å²) in [5.41, 5.74) is 2.96. The lowest BCUT2D eigenvalue weighted by Crippen LogP contribution is -2.44. The Balaban J connectivity index is 1.64. The topological polar surface area (TPSA) is 49.7 Å². The highest BCUT2D eigenvalue weighted by atomic mass is 16.5. The van der Waals surface area contributed by atoms with Gasteiger partial charge in [-0.2, -0.15) is 0 Å². The van der Waals surface area contributed by atoms with Gasteiger partial charge in [-0.25, -0.2) is 0 Å². The van der Waals surface area contributed by atoms with Gasteiger partial charge in [0.1, 0.15) is 6.10 Å². The summed E-state index contributed by atoms with van der Waals surface area (Å²) in [5, 5.41) is 20.4. The second kappa shape index (κ2) is 6.74. The molecule has 0 bridgehead atoms. The number of aryl methyl sites for hydroxylation is 1.